The van der Waals surface area contributed by atoms with Crippen molar-refractivity contribution in [1.82, 2.24) is 25.1 Å². The number of rotatable bonds is 9. The van der Waals surface area contributed by atoms with Gasteiger partial charge in [0, 0.05) is 18.7 Å². The molecule has 0 atom stereocenters. The van der Waals surface area contributed by atoms with Crippen molar-refractivity contribution >= 4 is 34.5 Å². The zero-order valence-electron chi connectivity index (χ0n) is 17.5. The van der Waals surface area contributed by atoms with Crippen molar-refractivity contribution in [2.24, 2.45) is 0 Å². The molecule has 0 aliphatic heterocycles. The first-order valence-electron chi connectivity index (χ1n) is 9.98. The number of nitrogens with one attached hydrogen (secondary N) is 2. The molecule has 8 heteroatoms. The second-order valence-corrected chi connectivity index (χ2v) is 8.18. The summed E-state index contributed by atoms with van der Waals surface area (Å²) in [6.07, 6.45) is 2.81. The standard InChI is InChI=1S/C21H28N6OS/c1-5-7-22-18-17-13-24-27(19(17)26-21(25-18)29-6-2)9-8-23-20(28)16-11-14(3)10-15(4)12-16/h10-13H,5-9H2,1-4H3,(H,23,28)(H,22,25,26). The summed E-state index contributed by atoms with van der Waals surface area (Å²) in [5.41, 5.74) is 3.63. The van der Waals surface area contributed by atoms with Crippen LogP contribution in [0.2, 0.25) is 0 Å². The van der Waals surface area contributed by atoms with Crippen molar-refractivity contribution in [2.45, 2.75) is 45.8 Å². The van der Waals surface area contributed by atoms with Crippen LogP contribution in [0, 0.1) is 13.8 Å². The summed E-state index contributed by atoms with van der Waals surface area (Å²) in [6.45, 7) is 10.1. The molecule has 0 bridgehead atoms. The van der Waals surface area contributed by atoms with E-state index in [-0.39, 0.29) is 5.91 Å². The zero-order valence-corrected chi connectivity index (χ0v) is 18.3. The normalized spacial score (nSPS) is 11.0. The van der Waals surface area contributed by atoms with Crippen molar-refractivity contribution in [3.63, 3.8) is 0 Å². The predicted octanol–water partition coefficient (Wildman–Crippen LogP) is 3.81. The number of hydrogen-bond donors (Lipinski definition) is 2. The molecule has 0 radical (unpaired) electrons. The molecular weight excluding hydrogens is 384 g/mol. The van der Waals surface area contributed by atoms with Crippen LogP contribution < -0.4 is 10.6 Å². The summed E-state index contributed by atoms with van der Waals surface area (Å²) in [7, 11) is 0. The van der Waals surface area contributed by atoms with E-state index in [9.17, 15) is 4.79 Å². The summed E-state index contributed by atoms with van der Waals surface area (Å²) < 4.78 is 1.83. The van der Waals surface area contributed by atoms with E-state index in [1.807, 2.05) is 30.7 Å². The van der Waals surface area contributed by atoms with E-state index in [0.717, 1.165) is 51.9 Å². The lowest BCUT2D eigenvalue weighted by atomic mass is 10.1. The molecular formula is C21H28N6OS. The van der Waals surface area contributed by atoms with Crippen LogP contribution in [0.15, 0.2) is 29.6 Å². The molecule has 1 aromatic carbocycles. The average molecular weight is 413 g/mol. The van der Waals surface area contributed by atoms with Crippen LogP contribution in [0.5, 0.6) is 0 Å². The molecule has 2 N–H and O–H groups in total. The van der Waals surface area contributed by atoms with E-state index < -0.39 is 0 Å². The van der Waals surface area contributed by atoms with Gasteiger partial charge in [-0.1, -0.05) is 42.8 Å². The highest BCUT2D eigenvalue weighted by molar-refractivity contribution is 7.99. The molecule has 0 fully saturated rings. The third-order valence-electron chi connectivity index (χ3n) is 4.38. The maximum absolute atomic E-state index is 12.5. The van der Waals surface area contributed by atoms with Gasteiger partial charge in [-0.3, -0.25) is 4.79 Å². The van der Waals surface area contributed by atoms with E-state index in [4.69, 9.17) is 0 Å². The molecule has 0 unspecified atom stereocenters. The fraction of sp³-hybridized carbons (Fsp3) is 0.429. The van der Waals surface area contributed by atoms with Gasteiger partial charge in [0.1, 0.15) is 5.82 Å². The first-order chi connectivity index (χ1) is 14.0. The molecule has 2 aromatic heterocycles. The van der Waals surface area contributed by atoms with Gasteiger partial charge < -0.3 is 10.6 Å². The fourth-order valence-corrected chi connectivity index (χ4v) is 3.72. The number of amides is 1. The van der Waals surface area contributed by atoms with Crippen molar-refractivity contribution in [1.29, 1.82) is 0 Å². The van der Waals surface area contributed by atoms with E-state index >= 15 is 0 Å². The van der Waals surface area contributed by atoms with Crippen molar-refractivity contribution in [2.75, 3.05) is 24.2 Å². The number of aryl methyl sites for hydroxylation is 2. The highest BCUT2D eigenvalue weighted by Gasteiger charge is 2.13. The molecule has 0 aliphatic rings. The summed E-state index contributed by atoms with van der Waals surface area (Å²) >= 11 is 1.61. The number of aromatic nitrogens is 4. The Hall–Kier alpha value is -2.61. The number of carbonyl (C=O) groups is 1. The molecule has 0 aliphatic carbocycles. The predicted molar refractivity (Wildman–Crippen MR) is 119 cm³/mol. The van der Waals surface area contributed by atoms with Gasteiger partial charge in [0.2, 0.25) is 0 Å². The Labute approximate surface area is 175 Å². The van der Waals surface area contributed by atoms with Gasteiger partial charge in [0.25, 0.3) is 5.91 Å². The highest BCUT2D eigenvalue weighted by atomic mass is 32.2. The Bertz CT molecular complexity index is 980. The SMILES string of the molecule is CCCNc1nc(SCC)nc2c1cnn2CCNC(=O)c1cc(C)cc(C)c1. The molecule has 29 heavy (non-hydrogen) atoms. The molecule has 3 aromatic rings. The van der Waals surface area contributed by atoms with Crippen LogP contribution in [0.3, 0.4) is 0 Å². The third-order valence-corrected chi connectivity index (χ3v) is 5.11. The van der Waals surface area contributed by atoms with Crippen molar-refractivity contribution < 1.29 is 4.79 Å². The van der Waals surface area contributed by atoms with Crippen LogP contribution in [0.4, 0.5) is 5.82 Å². The molecule has 7 nitrogen and oxygen atoms in total. The monoisotopic (exact) mass is 412 g/mol. The van der Waals surface area contributed by atoms with Crippen LogP contribution in [-0.2, 0) is 6.54 Å². The number of carbonyl (C=O) groups excluding carboxylic acids is 1. The quantitative estimate of drug-likeness (QED) is 0.411. The zero-order chi connectivity index (χ0) is 20.8. The molecule has 154 valence electrons. The van der Waals surface area contributed by atoms with Crippen LogP contribution >= 0.6 is 11.8 Å². The highest BCUT2D eigenvalue weighted by Crippen LogP contribution is 2.24. The Balaban J connectivity index is 1.74. The Morgan fingerprint density at radius 1 is 1.10 bits per heavy atom. The number of hydrogen-bond acceptors (Lipinski definition) is 6. The maximum Gasteiger partial charge on any atom is 0.251 e. The molecule has 2 heterocycles. The van der Waals surface area contributed by atoms with Crippen LogP contribution in [-0.4, -0.2) is 44.5 Å². The smallest absolute Gasteiger partial charge is 0.251 e. The lowest BCUT2D eigenvalue weighted by molar-refractivity contribution is 0.0952. The van der Waals surface area contributed by atoms with E-state index in [2.05, 4.69) is 45.6 Å². The van der Waals surface area contributed by atoms with Gasteiger partial charge in [-0.15, -0.1) is 0 Å². The molecule has 0 spiro atoms. The molecule has 0 saturated heterocycles. The minimum absolute atomic E-state index is 0.0737. The maximum atomic E-state index is 12.5. The molecule has 0 saturated carbocycles. The second kappa shape index (κ2) is 9.73. The van der Waals surface area contributed by atoms with Crippen molar-refractivity contribution in [3.8, 4) is 0 Å². The Kier molecular flexibility index (Phi) is 7.09. The van der Waals surface area contributed by atoms with Gasteiger partial charge in [-0.25, -0.2) is 14.6 Å². The van der Waals surface area contributed by atoms with Gasteiger partial charge in [0.15, 0.2) is 10.8 Å². The number of nitrogens with zero attached hydrogens (tertiary/aromatic N) is 4. The first-order valence-corrected chi connectivity index (χ1v) is 11.0. The van der Waals surface area contributed by atoms with Gasteiger partial charge in [0.05, 0.1) is 18.1 Å². The summed E-state index contributed by atoms with van der Waals surface area (Å²) in [5.74, 6) is 1.65. The largest absolute Gasteiger partial charge is 0.369 e. The first kappa shape index (κ1) is 21.1. The topological polar surface area (TPSA) is 84.7 Å². The number of anilines is 1. The van der Waals surface area contributed by atoms with Crippen LogP contribution in [0.25, 0.3) is 11.0 Å². The van der Waals surface area contributed by atoms with E-state index in [0.29, 0.717) is 18.7 Å². The van der Waals surface area contributed by atoms with Crippen molar-refractivity contribution in [3.05, 3.63) is 41.1 Å². The van der Waals surface area contributed by atoms with Gasteiger partial charge >= 0.3 is 0 Å². The Morgan fingerprint density at radius 3 is 2.55 bits per heavy atom. The van der Waals surface area contributed by atoms with Gasteiger partial charge in [-0.2, -0.15) is 5.10 Å². The lowest BCUT2D eigenvalue weighted by Crippen LogP contribution is -2.27. The number of fused-ring (bicyclic) bond motifs is 1. The molecule has 3 rings (SSSR count). The fourth-order valence-electron chi connectivity index (χ4n) is 3.15. The van der Waals surface area contributed by atoms with E-state index in [1.54, 1.807) is 18.0 Å². The van der Waals surface area contributed by atoms with Gasteiger partial charge in [-0.05, 0) is 38.2 Å². The second-order valence-electron chi connectivity index (χ2n) is 6.95. The third kappa shape index (κ3) is 5.26. The number of benzene rings is 1. The van der Waals surface area contributed by atoms with Crippen LogP contribution in [0.1, 0.15) is 41.8 Å². The summed E-state index contributed by atoms with van der Waals surface area (Å²) in [5, 5.41) is 12.5. The lowest BCUT2D eigenvalue weighted by Gasteiger charge is -2.10. The summed E-state index contributed by atoms with van der Waals surface area (Å²) in [6, 6.07) is 5.86. The average Bonchev–Trinajstić information content (AvgIpc) is 3.08. The minimum Gasteiger partial charge on any atom is -0.369 e. The summed E-state index contributed by atoms with van der Waals surface area (Å²) in [4.78, 5) is 21.8. The number of thioether (sulfide) groups is 1. The molecule has 1 amide bonds. The minimum atomic E-state index is -0.0737. The Morgan fingerprint density at radius 2 is 1.86 bits per heavy atom. The van der Waals surface area contributed by atoms with E-state index in [1.165, 1.54) is 0 Å².